The van der Waals surface area contributed by atoms with Crippen LogP contribution in [0.5, 0.6) is 0 Å². The molecular weight excluding hydrogens is 320 g/mol. The third-order valence-electron chi connectivity index (χ3n) is 2.74. The van der Waals surface area contributed by atoms with E-state index in [0.717, 1.165) is 0 Å². The van der Waals surface area contributed by atoms with E-state index in [0.29, 0.717) is 0 Å². The van der Waals surface area contributed by atoms with Gasteiger partial charge < -0.3 is 0 Å². The Morgan fingerprint density at radius 3 is 1.33 bits per heavy atom. The molecule has 24 heavy (non-hydrogen) atoms. The van der Waals surface area contributed by atoms with E-state index in [1.54, 1.807) is 0 Å². The molecule has 0 unspecified atom stereocenters. The van der Waals surface area contributed by atoms with Crippen LogP contribution in [0.4, 0.5) is 0 Å². The second kappa shape index (κ2) is 6.04. The van der Waals surface area contributed by atoms with Crippen LogP contribution in [0.3, 0.4) is 0 Å². The van der Waals surface area contributed by atoms with Gasteiger partial charge in [0.25, 0.3) is 11.1 Å². The number of nitrogens with zero attached hydrogens (tertiary/aromatic N) is 4. The molecule has 0 aliphatic carbocycles. The number of aromatic nitrogens is 8. The van der Waals surface area contributed by atoms with Crippen molar-refractivity contribution in [1.82, 2.24) is 39.9 Å². The van der Waals surface area contributed by atoms with Crippen LogP contribution in [0.1, 0.15) is 0 Å². The molecule has 4 rings (SSSR count). The Bertz CT molecular complexity index is 1150. The van der Waals surface area contributed by atoms with Gasteiger partial charge in [0.05, 0.1) is 0 Å². The lowest BCUT2D eigenvalue weighted by Crippen LogP contribution is -2.22. The van der Waals surface area contributed by atoms with Crippen LogP contribution in [0.25, 0.3) is 22.3 Å². The van der Waals surface area contributed by atoms with Crippen LogP contribution < -0.4 is 22.5 Å². The number of fused-ring (bicyclic) bond motifs is 2. The second-order valence-electron chi connectivity index (χ2n) is 4.32. The summed E-state index contributed by atoms with van der Waals surface area (Å²) in [6, 6.07) is 0. The van der Waals surface area contributed by atoms with Crippen molar-refractivity contribution in [2.45, 2.75) is 0 Å². The molecule has 0 saturated heterocycles. The molecule has 12 nitrogen and oxygen atoms in total. The first-order valence-electron chi connectivity index (χ1n) is 6.41. The molecule has 0 aliphatic rings. The van der Waals surface area contributed by atoms with Gasteiger partial charge in [-0.3, -0.25) is 29.5 Å². The molecule has 0 amide bonds. The molecule has 4 aromatic rings. The molecular formula is C12H8N8O4. The number of hydrogen-bond donors (Lipinski definition) is 4. The fourth-order valence-electron chi connectivity index (χ4n) is 1.79. The summed E-state index contributed by atoms with van der Waals surface area (Å²) in [7, 11) is 0. The molecule has 4 aromatic heterocycles. The zero-order chi connectivity index (χ0) is 17.1. The van der Waals surface area contributed by atoms with Crippen LogP contribution in [-0.4, -0.2) is 39.9 Å². The fourth-order valence-corrected chi connectivity index (χ4v) is 1.79. The molecule has 0 saturated carbocycles. The zero-order valence-corrected chi connectivity index (χ0v) is 11.7. The van der Waals surface area contributed by atoms with E-state index in [1.165, 1.54) is 24.8 Å². The van der Waals surface area contributed by atoms with Crippen molar-refractivity contribution in [2.24, 2.45) is 0 Å². The van der Waals surface area contributed by atoms with Gasteiger partial charge in [-0.1, -0.05) is 0 Å². The summed E-state index contributed by atoms with van der Waals surface area (Å²) in [5.74, 6) is 0. The lowest BCUT2D eigenvalue weighted by Gasteiger charge is -1.90. The van der Waals surface area contributed by atoms with Crippen molar-refractivity contribution in [3.05, 3.63) is 66.5 Å². The van der Waals surface area contributed by atoms with Gasteiger partial charge in [0, 0.05) is 24.8 Å². The van der Waals surface area contributed by atoms with Crippen LogP contribution in [0.2, 0.25) is 0 Å². The average Bonchev–Trinajstić information content (AvgIpc) is 2.55. The minimum Gasteiger partial charge on any atom is -0.290 e. The topological polar surface area (TPSA) is 183 Å². The predicted octanol–water partition coefficient (Wildman–Crippen LogP) is -1.99. The lowest BCUT2D eigenvalue weighted by atomic mass is 10.5. The minimum atomic E-state index is -0.576. The van der Waals surface area contributed by atoms with Gasteiger partial charge in [-0.15, -0.1) is 0 Å². The molecule has 12 heteroatoms. The van der Waals surface area contributed by atoms with Gasteiger partial charge in [-0.25, -0.2) is 29.5 Å². The first-order valence-corrected chi connectivity index (χ1v) is 6.41. The third kappa shape index (κ3) is 2.96. The quantitative estimate of drug-likeness (QED) is 0.286. The first-order chi connectivity index (χ1) is 11.5. The molecule has 4 heterocycles. The van der Waals surface area contributed by atoms with Gasteiger partial charge in [0.1, 0.15) is 0 Å². The van der Waals surface area contributed by atoms with Gasteiger partial charge in [0.15, 0.2) is 22.3 Å². The van der Waals surface area contributed by atoms with Crippen LogP contribution in [0, 0.1) is 0 Å². The maximum Gasteiger partial charge on any atom is 0.327 e. The van der Waals surface area contributed by atoms with Gasteiger partial charge in [-0.05, 0) is 0 Å². The number of nitrogens with one attached hydrogen (secondary N) is 4. The summed E-state index contributed by atoms with van der Waals surface area (Å²) in [5, 5.41) is 0. The molecule has 0 spiro atoms. The summed E-state index contributed by atoms with van der Waals surface area (Å²) in [6.45, 7) is 0. The molecule has 4 N–H and O–H groups in total. The molecule has 0 atom stereocenters. The lowest BCUT2D eigenvalue weighted by molar-refractivity contribution is 1.04. The monoisotopic (exact) mass is 328 g/mol. The maximum atomic E-state index is 11.0. The van der Waals surface area contributed by atoms with E-state index in [4.69, 9.17) is 0 Å². The second-order valence-corrected chi connectivity index (χ2v) is 4.32. The molecule has 0 radical (unpaired) electrons. The van der Waals surface area contributed by atoms with E-state index in [9.17, 15) is 19.2 Å². The largest absolute Gasteiger partial charge is 0.327 e. The minimum absolute atomic E-state index is 0.136. The van der Waals surface area contributed by atoms with Crippen molar-refractivity contribution in [1.29, 1.82) is 0 Å². The van der Waals surface area contributed by atoms with Crippen molar-refractivity contribution >= 4 is 22.3 Å². The van der Waals surface area contributed by atoms with Crippen molar-refractivity contribution < 1.29 is 0 Å². The number of H-pyrrole nitrogens is 4. The summed E-state index contributed by atoms with van der Waals surface area (Å²) < 4.78 is 0. The first kappa shape index (κ1) is 15.0. The van der Waals surface area contributed by atoms with E-state index in [2.05, 4.69) is 29.9 Å². The average molecular weight is 328 g/mol. The predicted molar refractivity (Wildman–Crippen MR) is 81.6 cm³/mol. The Hall–Kier alpha value is -3.96. The van der Waals surface area contributed by atoms with Gasteiger partial charge >= 0.3 is 11.4 Å². The number of hydrogen-bond acceptors (Lipinski definition) is 8. The van der Waals surface area contributed by atoms with Crippen molar-refractivity contribution in [2.75, 3.05) is 0 Å². The summed E-state index contributed by atoms with van der Waals surface area (Å²) in [6.07, 6.45) is 5.57. The Kier molecular flexibility index (Phi) is 3.76. The molecule has 0 bridgehead atoms. The highest BCUT2D eigenvalue weighted by atomic mass is 16.2. The van der Waals surface area contributed by atoms with Crippen LogP contribution >= 0.6 is 0 Å². The zero-order valence-electron chi connectivity index (χ0n) is 11.7. The highest BCUT2D eigenvalue weighted by molar-refractivity contribution is 5.67. The summed E-state index contributed by atoms with van der Waals surface area (Å²) >= 11 is 0. The Balaban J connectivity index is 0.000000141. The molecule has 120 valence electrons. The van der Waals surface area contributed by atoms with E-state index in [-0.39, 0.29) is 22.3 Å². The summed E-state index contributed by atoms with van der Waals surface area (Å²) in [5.41, 5.74) is -1.53. The fraction of sp³-hybridized carbons (Fsp3) is 0. The number of rotatable bonds is 0. The van der Waals surface area contributed by atoms with E-state index >= 15 is 0 Å². The Morgan fingerprint density at radius 2 is 0.917 bits per heavy atom. The van der Waals surface area contributed by atoms with E-state index in [1.807, 2.05) is 9.97 Å². The smallest absolute Gasteiger partial charge is 0.290 e. The standard InChI is InChI=1S/2C6H4N4O2/c2*11-5-3-4(8-2-1-7-3)9-6(12)10-5/h2*1-2H,(H2,8,9,10,11,12). The molecule has 0 aliphatic heterocycles. The third-order valence-corrected chi connectivity index (χ3v) is 2.74. The van der Waals surface area contributed by atoms with Gasteiger partial charge in [0.2, 0.25) is 0 Å². The highest BCUT2D eigenvalue weighted by Gasteiger charge is 2.00. The normalized spacial score (nSPS) is 10.3. The Morgan fingerprint density at radius 1 is 0.542 bits per heavy atom. The van der Waals surface area contributed by atoms with Crippen LogP contribution in [-0.2, 0) is 0 Å². The van der Waals surface area contributed by atoms with Crippen LogP contribution in [0.15, 0.2) is 44.0 Å². The van der Waals surface area contributed by atoms with Gasteiger partial charge in [-0.2, -0.15) is 0 Å². The van der Waals surface area contributed by atoms with E-state index < -0.39 is 22.5 Å². The molecule has 0 fully saturated rings. The SMILES string of the molecule is O=c1[nH]c(=O)c2nccnc2[nH]1.O=c1[nH]c(=O)c2nccnc2[nH]1. The number of aromatic amines is 4. The van der Waals surface area contributed by atoms with Crippen molar-refractivity contribution in [3.63, 3.8) is 0 Å². The Labute approximate surface area is 129 Å². The molecule has 0 aromatic carbocycles. The highest BCUT2D eigenvalue weighted by Crippen LogP contribution is 1.92. The maximum absolute atomic E-state index is 11.0. The summed E-state index contributed by atoms with van der Waals surface area (Å²) in [4.78, 5) is 67.3. The van der Waals surface area contributed by atoms with Crippen molar-refractivity contribution in [3.8, 4) is 0 Å².